The van der Waals surface area contributed by atoms with Gasteiger partial charge in [0.2, 0.25) is 11.8 Å². The van der Waals surface area contributed by atoms with Crippen molar-refractivity contribution in [2.75, 3.05) is 26.8 Å². The van der Waals surface area contributed by atoms with Crippen molar-refractivity contribution >= 4 is 11.8 Å². The Kier molecular flexibility index (Phi) is 4.90. The van der Waals surface area contributed by atoms with Crippen LogP contribution in [0.5, 0.6) is 0 Å². The van der Waals surface area contributed by atoms with Crippen molar-refractivity contribution in [2.45, 2.75) is 6.42 Å². The summed E-state index contributed by atoms with van der Waals surface area (Å²) >= 11 is 0. The van der Waals surface area contributed by atoms with Gasteiger partial charge in [-0.3, -0.25) is 9.59 Å². The van der Waals surface area contributed by atoms with E-state index in [0.29, 0.717) is 19.7 Å². The number of rotatable bonds is 5. The van der Waals surface area contributed by atoms with Crippen molar-refractivity contribution < 1.29 is 18.7 Å². The van der Waals surface area contributed by atoms with Crippen molar-refractivity contribution in [2.24, 2.45) is 17.6 Å². The van der Waals surface area contributed by atoms with Crippen LogP contribution in [0.2, 0.25) is 0 Å². The third-order valence-electron chi connectivity index (χ3n) is 3.81. The lowest BCUT2D eigenvalue weighted by Crippen LogP contribution is -2.33. The molecule has 0 radical (unpaired) electrons. The molecule has 1 saturated heterocycles. The summed E-state index contributed by atoms with van der Waals surface area (Å²) < 4.78 is 17.9. The Bertz CT molecular complexity index is 518. The lowest BCUT2D eigenvalue weighted by Gasteiger charge is -2.16. The fraction of sp³-hybridized carbons (Fsp3) is 0.467. The minimum Gasteiger partial charge on any atom is -0.384 e. The van der Waals surface area contributed by atoms with Crippen LogP contribution in [0.15, 0.2) is 24.3 Å². The van der Waals surface area contributed by atoms with Crippen LogP contribution in [0, 0.1) is 17.7 Å². The molecule has 1 aliphatic heterocycles. The monoisotopic (exact) mass is 294 g/mol. The van der Waals surface area contributed by atoms with Crippen LogP contribution in [0.25, 0.3) is 0 Å². The average molecular weight is 294 g/mol. The van der Waals surface area contributed by atoms with Crippen LogP contribution in [0.4, 0.5) is 4.39 Å². The Morgan fingerprint density at radius 3 is 2.57 bits per heavy atom. The smallest absolute Gasteiger partial charge is 0.227 e. The van der Waals surface area contributed by atoms with E-state index < -0.39 is 5.91 Å². The number of hydrogen-bond acceptors (Lipinski definition) is 3. The number of methoxy groups -OCH3 is 1. The molecule has 1 fully saturated rings. The molecular weight excluding hydrogens is 275 g/mol. The molecule has 0 unspecified atom stereocenters. The molecule has 0 saturated carbocycles. The zero-order valence-corrected chi connectivity index (χ0v) is 11.9. The molecule has 1 aromatic carbocycles. The summed E-state index contributed by atoms with van der Waals surface area (Å²) in [4.78, 5) is 25.3. The van der Waals surface area contributed by atoms with Gasteiger partial charge >= 0.3 is 0 Å². The normalized spacial score (nSPS) is 21.5. The number of hydrogen-bond donors (Lipinski definition) is 1. The molecular formula is C15H19FN2O3. The Balaban J connectivity index is 1.99. The average Bonchev–Trinajstić information content (AvgIpc) is 2.86. The number of benzene rings is 1. The molecule has 2 N–H and O–H groups in total. The molecule has 2 rings (SSSR count). The summed E-state index contributed by atoms with van der Waals surface area (Å²) in [5, 5.41) is 0. The molecule has 2 atom stereocenters. The van der Waals surface area contributed by atoms with Gasteiger partial charge < -0.3 is 15.4 Å². The lowest BCUT2D eigenvalue weighted by atomic mass is 9.96. The van der Waals surface area contributed by atoms with E-state index in [1.54, 1.807) is 24.1 Å². The maximum absolute atomic E-state index is 12.8. The van der Waals surface area contributed by atoms with Crippen molar-refractivity contribution in [3.05, 3.63) is 35.6 Å². The summed E-state index contributed by atoms with van der Waals surface area (Å²) in [6.45, 7) is 1.18. The third kappa shape index (κ3) is 3.78. The maximum atomic E-state index is 12.8. The van der Waals surface area contributed by atoms with Gasteiger partial charge in [0.1, 0.15) is 5.82 Å². The number of nitrogens with two attached hydrogens (primary N) is 1. The summed E-state index contributed by atoms with van der Waals surface area (Å²) in [6, 6.07) is 5.82. The van der Waals surface area contributed by atoms with Crippen molar-refractivity contribution in [1.29, 1.82) is 0 Å². The molecule has 0 aliphatic carbocycles. The van der Waals surface area contributed by atoms with E-state index in [9.17, 15) is 14.0 Å². The van der Waals surface area contributed by atoms with Gasteiger partial charge in [0.25, 0.3) is 0 Å². The first-order chi connectivity index (χ1) is 10.0. The lowest BCUT2D eigenvalue weighted by molar-refractivity contribution is -0.129. The Hall–Kier alpha value is -1.95. The Labute approximate surface area is 122 Å². The molecule has 6 heteroatoms. The van der Waals surface area contributed by atoms with E-state index in [2.05, 4.69) is 0 Å². The summed E-state index contributed by atoms with van der Waals surface area (Å²) in [5.41, 5.74) is 6.12. The van der Waals surface area contributed by atoms with E-state index in [4.69, 9.17) is 10.5 Å². The van der Waals surface area contributed by atoms with Gasteiger partial charge in [-0.15, -0.1) is 0 Å². The highest BCUT2D eigenvalue weighted by Gasteiger charge is 2.38. The second-order valence-electron chi connectivity index (χ2n) is 5.33. The SMILES string of the molecule is COC[C@@H]1CN(C(=O)Cc2ccc(F)cc2)C[C@H]1C(N)=O. The predicted octanol–water partition coefficient (Wildman–Crippen LogP) is 0.574. The fourth-order valence-corrected chi connectivity index (χ4v) is 2.67. The van der Waals surface area contributed by atoms with E-state index in [0.717, 1.165) is 5.56 Å². The third-order valence-corrected chi connectivity index (χ3v) is 3.81. The molecule has 1 heterocycles. The summed E-state index contributed by atoms with van der Waals surface area (Å²) in [6.07, 6.45) is 0.186. The highest BCUT2D eigenvalue weighted by molar-refractivity contribution is 5.82. The topological polar surface area (TPSA) is 72.6 Å². The first kappa shape index (κ1) is 15.4. The van der Waals surface area contributed by atoms with E-state index in [-0.39, 0.29) is 30.0 Å². The van der Waals surface area contributed by atoms with Crippen LogP contribution in [-0.4, -0.2) is 43.5 Å². The second-order valence-corrected chi connectivity index (χ2v) is 5.33. The van der Waals surface area contributed by atoms with Gasteiger partial charge in [-0.25, -0.2) is 4.39 Å². The number of carbonyl (C=O) groups excluding carboxylic acids is 2. The molecule has 1 aromatic rings. The Morgan fingerprint density at radius 1 is 1.33 bits per heavy atom. The molecule has 2 amide bonds. The van der Waals surface area contributed by atoms with Crippen molar-refractivity contribution in [3.8, 4) is 0 Å². The van der Waals surface area contributed by atoms with Gasteiger partial charge in [0.05, 0.1) is 18.9 Å². The number of primary amides is 1. The first-order valence-corrected chi connectivity index (χ1v) is 6.81. The zero-order valence-electron chi connectivity index (χ0n) is 11.9. The largest absolute Gasteiger partial charge is 0.384 e. The maximum Gasteiger partial charge on any atom is 0.227 e. The highest BCUT2D eigenvalue weighted by atomic mass is 19.1. The summed E-state index contributed by atoms with van der Waals surface area (Å²) in [7, 11) is 1.56. The van der Waals surface area contributed by atoms with Gasteiger partial charge in [-0.1, -0.05) is 12.1 Å². The van der Waals surface area contributed by atoms with Gasteiger partial charge in [0, 0.05) is 26.1 Å². The van der Waals surface area contributed by atoms with Crippen LogP contribution in [0.1, 0.15) is 5.56 Å². The Morgan fingerprint density at radius 2 is 2.00 bits per heavy atom. The standard InChI is InChI=1S/C15H19FN2O3/c1-21-9-11-7-18(8-13(11)15(17)20)14(19)6-10-2-4-12(16)5-3-10/h2-5,11,13H,6-9H2,1H3,(H2,17,20)/t11-,13+/m0/s1. The number of ether oxygens (including phenoxy) is 1. The van der Waals surface area contributed by atoms with Crippen molar-refractivity contribution in [3.63, 3.8) is 0 Å². The van der Waals surface area contributed by atoms with Crippen LogP contribution < -0.4 is 5.73 Å². The molecule has 5 nitrogen and oxygen atoms in total. The van der Waals surface area contributed by atoms with E-state index in [1.165, 1.54) is 12.1 Å². The van der Waals surface area contributed by atoms with Crippen molar-refractivity contribution in [1.82, 2.24) is 4.90 Å². The molecule has 0 spiro atoms. The van der Waals surface area contributed by atoms with E-state index in [1.807, 2.05) is 0 Å². The second kappa shape index (κ2) is 6.67. The van der Waals surface area contributed by atoms with Crippen LogP contribution in [-0.2, 0) is 20.7 Å². The molecule has 1 aliphatic rings. The minimum atomic E-state index is -0.408. The number of likely N-dealkylation sites (tertiary alicyclic amines) is 1. The summed E-state index contributed by atoms with van der Waals surface area (Å²) in [5.74, 6) is -1.27. The minimum absolute atomic E-state index is 0.0651. The van der Waals surface area contributed by atoms with E-state index >= 15 is 0 Å². The molecule has 114 valence electrons. The zero-order chi connectivity index (χ0) is 15.4. The van der Waals surface area contributed by atoms with Gasteiger partial charge in [-0.05, 0) is 17.7 Å². The number of nitrogens with zero attached hydrogens (tertiary/aromatic N) is 1. The first-order valence-electron chi connectivity index (χ1n) is 6.81. The fourth-order valence-electron chi connectivity index (χ4n) is 2.67. The number of halogens is 1. The van der Waals surface area contributed by atoms with Crippen LogP contribution >= 0.6 is 0 Å². The predicted molar refractivity (Wildman–Crippen MR) is 74.7 cm³/mol. The van der Waals surface area contributed by atoms with Gasteiger partial charge in [0.15, 0.2) is 0 Å². The molecule has 0 bridgehead atoms. The number of amides is 2. The van der Waals surface area contributed by atoms with Crippen LogP contribution in [0.3, 0.4) is 0 Å². The van der Waals surface area contributed by atoms with Gasteiger partial charge in [-0.2, -0.15) is 0 Å². The number of carbonyl (C=O) groups is 2. The molecule has 21 heavy (non-hydrogen) atoms. The molecule has 0 aromatic heterocycles. The highest BCUT2D eigenvalue weighted by Crippen LogP contribution is 2.24. The quantitative estimate of drug-likeness (QED) is 0.863.